The standard InChI is InChI=1S/C25H32N2O3/c1-4-27(5-2)14-15-29-23-10-7-20(8-11-23)12-13-26-18-22-17-21-9-6-19(3)16-24(21)30-25(22)28/h6-11,16-17,26H,4-5,12-15,18H2,1-3H3. The van der Waals surface area contributed by atoms with Crippen LogP contribution in [-0.4, -0.2) is 37.7 Å². The molecule has 160 valence electrons. The maximum atomic E-state index is 12.2. The van der Waals surface area contributed by atoms with E-state index in [4.69, 9.17) is 9.15 Å². The van der Waals surface area contributed by atoms with Crippen LogP contribution in [-0.2, 0) is 13.0 Å². The van der Waals surface area contributed by atoms with Crippen LogP contribution in [0.5, 0.6) is 5.75 Å². The van der Waals surface area contributed by atoms with Gasteiger partial charge in [-0.05, 0) is 68.4 Å². The maximum absolute atomic E-state index is 12.2. The minimum absolute atomic E-state index is 0.271. The highest BCUT2D eigenvalue weighted by molar-refractivity contribution is 5.77. The van der Waals surface area contributed by atoms with Crippen molar-refractivity contribution in [2.75, 3.05) is 32.8 Å². The minimum atomic E-state index is -0.271. The van der Waals surface area contributed by atoms with Crippen LogP contribution in [0.4, 0.5) is 0 Å². The second-order valence-corrected chi connectivity index (χ2v) is 7.55. The Labute approximate surface area is 178 Å². The number of aryl methyl sites for hydroxylation is 1. The van der Waals surface area contributed by atoms with Crippen molar-refractivity contribution in [3.8, 4) is 5.75 Å². The van der Waals surface area contributed by atoms with Crippen molar-refractivity contribution in [3.05, 3.63) is 75.6 Å². The van der Waals surface area contributed by atoms with E-state index in [1.807, 2.05) is 43.3 Å². The highest BCUT2D eigenvalue weighted by atomic mass is 16.5. The van der Waals surface area contributed by atoms with Crippen molar-refractivity contribution in [1.82, 2.24) is 10.2 Å². The number of rotatable bonds is 11. The summed E-state index contributed by atoms with van der Waals surface area (Å²) in [6.45, 7) is 11.3. The second kappa shape index (κ2) is 11.0. The zero-order valence-electron chi connectivity index (χ0n) is 18.2. The molecule has 0 amide bonds. The van der Waals surface area contributed by atoms with Crippen LogP contribution in [0, 0.1) is 6.92 Å². The van der Waals surface area contributed by atoms with E-state index in [1.54, 1.807) is 0 Å². The summed E-state index contributed by atoms with van der Waals surface area (Å²) in [5, 5.41) is 4.30. The Morgan fingerprint density at radius 2 is 1.80 bits per heavy atom. The maximum Gasteiger partial charge on any atom is 0.340 e. The van der Waals surface area contributed by atoms with Gasteiger partial charge >= 0.3 is 5.63 Å². The van der Waals surface area contributed by atoms with Crippen LogP contribution in [0.15, 0.2) is 57.7 Å². The third-order valence-corrected chi connectivity index (χ3v) is 5.36. The Hall–Kier alpha value is -2.63. The first-order valence-electron chi connectivity index (χ1n) is 10.8. The molecule has 5 heteroatoms. The Kier molecular flexibility index (Phi) is 8.05. The van der Waals surface area contributed by atoms with Crippen molar-refractivity contribution in [2.45, 2.75) is 33.7 Å². The first kappa shape index (κ1) is 22.1. The van der Waals surface area contributed by atoms with E-state index in [2.05, 4.69) is 36.2 Å². The van der Waals surface area contributed by atoms with Gasteiger partial charge in [0.05, 0.1) is 5.56 Å². The van der Waals surface area contributed by atoms with Crippen LogP contribution < -0.4 is 15.7 Å². The molecule has 0 atom stereocenters. The predicted octanol–water partition coefficient (Wildman–Crippen LogP) is 4.15. The Balaban J connectivity index is 1.44. The first-order chi connectivity index (χ1) is 14.6. The molecule has 0 radical (unpaired) electrons. The van der Waals surface area contributed by atoms with Gasteiger partial charge in [-0.2, -0.15) is 0 Å². The lowest BCUT2D eigenvalue weighted by Crippen LogP contribution is -2.27. The fourth-order valence-electron chi connectivity index (χ4n) is 3.43. The zero-order chi connectivity index (χ0) is 21.3. The number of ether oxygens (including phenoxy) is 1. The van der Waals surface area contributed by atoms with E-state index < -0.39 is 0 Å². The number of hydrogen-bond donors (Lipinski definition) is 1. The molecule has 0 aliphatic carbocycles. The SMILES string of the molecule is CCN(CC)CCOc1ccc(CCNCc2cc3ccc(C)cc3oc2=O)cc1. The summed E-state index contributed by atoms with van der Waals surface area (Å²) >= 11 is 0. The quantitative estimate of drug-likeness (QED) is 0.381. The summed E-state index contributed by atoms with van der Waals surface area (Å²) in [5.41, 5.74) is 3.34. The van der Waals surface area contributed by atoms with Gasteiger partial charge in [-0.1, -0.05) is 38.1 Å². The molecular formula is C25H32N2O3. The number of nitrogens with one attached hydrogen (secondary N) is 1. The van der Waals surface area contributed by atoms with Crippen LogP contribution in [0.1, 0.15) is 30.5 Å². The van der Waals surface area contributed by atoms with E-state index in [-0.39, 0.29) is 5.63 Å². The summed E-state index contributed by atoms with van der Waals surface area (Å²) in [7, 11) is 0. The molecule has 1 aromatic heterocycles. The number of benzene rings is 2. The zero-order valence-corrected chi connectivity index (χ0v) is 18.2. The number of likely N-dealkylation sites (N-methyl/N-ethyl adjacent to an activating group) is 1. The molecule has 3 rings (SSSR count). The monoisotopic (exact) mass is 408 g/mol. The number of fused-ring (bicyclic) bond motifs is 1. The molecule has 1 N–H and O–H groups in total. The summed E-state index contributed by atoms with van der Waals surface area (Å²) in [6.07, 6.45) is 0.887. The average molecular weight is 409 g/mol. The average Bonchev–Trinajstić information content (AvgIpc) is 2.75. The van der Waals surface area contributed by atoms with Crippen LogP contribution in [0.25, 0.3) is 11.0 Å². The lowest BCUT2D eigenvalue weighted by molar-refractivity contribution is 0.223. The summed E-state index contributed by atoms with van der Waals surface area (Å²) < 4.78 is 11.3. The van der Waals surface area contributed by atoms with Gasteiger partial charge in [-0.25, -0.2) is 4.79 Å². The highest BCUT2D eigenvalue weighted by Crippen LogP contribution is 2.15. The van der Waals surface area contributed by atoms with E-state index >= 15 is 0 Å². The van der Waals surface area contributed by atoms with Gasteiger partial charge in [-0.15, -0.1) is 0 Å². The minimum Gasteiger partial charge on any atom is -0.492 e. The van der Waals surface area contributed by atoms with Crippen molar-refractivity contribution in [1.29, 1.82) is 0 Å². The van der Waals surface area contributed by atoms with Gasteiger partial charge in [0.2, 0.25) is 0 Å². The fourth-order valence-corrected chi connectivity index (χ4v) is 3.43. The van der Waals surface area contributed by atoms with Gasteiger partial charge in [0, 0.05) is 18.5 Å². The molecule has 0 saturated carbocycles. The van der Waals surface area contributed by atoms with Crippen LogP contribution >= 0.6 is 0 Å². The van der Waals surface area contributed by atoms with Crippen molar-refractivity contribution in [3.63, 3.8) is 0 Å². The van der Waals surface area contributed by atoms with E-state index in [9.17, 15) is 4.79 Å². The van der Waals surface area contributed by atoms with Gasteiger partial charge in [0.25, 0.3) is 0 Å². The molecule has 1 heterocycles. The molecule has 0 aliphatic rings. The topological polar surface area (TPSA) is 54.7 Å². The van der Waals surface area contributed by atoms with Gasteiger partial charge < -0.3 is 19.4 Å². The Bertz CT molecular complexity index is 991. The molecule has 0 spiro atoms. The van der Waals surface area contributed by atoms with Crippen molar-refractivity contribution < 1.29 is 9.15 Å². The van der Waals surface area contributed by atoms with Gasteiger partial charge in [0.1, 0.15) is 17.9 Å². The first-order valence-corrected chi connectivity index (χ1v) is 10.8. The lowest BCUT2D eigenvalue weighted by Gasteiger charge is -2.18. The Morgan fingerprint density at radius 1 is 1.03 bits per heavy atom. The molecule has 2 aromatic carbocycles. The molecule has 0 aliphatic heterocycles. The second-order valence-electron chi connectivity index (χ2n) is 7.55. The predicted molar refractivity (Wildman–Crippen MR) is 122 cm³/mol. The molecule has 0 fully saturated rings. The number of nitrogens with zero attached hydrogens (tertiary/aromatic N) is 1. The summed E-state index contributed by atoms with van der Waals surface area (Å²) in [6, 6.07) is 16.1. The van der Waals surface area contributed by atoms with E-state index in [0.29, 0.717) is 24.3 Å². The van der Waals surface area contributed by atoms with Crippen molar-refractivity contribution >= 4 is 11.0 Å². The van der Waals surface area contributed by atoms with Gasteiger partial charge in [0.15, 0.2) is 0 Å². The van der Waals surface area contributed by atoms with Gasteiger partial charge in [-0.3, -0.25) is 0 Å². The molecule has 0 unspecified atom stereocenters. The van der Waals surface area contributed by atoms with Crippen LogP contribution in [0.2, 0.25) is 0 Å². The molecule has 3 aromatic rings. The van der Waals surface area contributed by atoms with Crippen molar-refractivity contribution in [2.24, 2.45) is 0 Å². The molecule has 0 saturated heterocycles. The van der Waals surface area contributed by atoms with Crippen LogP contribution in [0.3, 0.4) is 0 Å². The number of hydrogen-bond acceptors (Lipinski definition) is 5. The fraction of sp³-hybridized carbons (Fsp3) is 0.400. The molecule has 5 nitrogen and oxygen atoms in total. The lowest BCUT2D eigenvalue weighted by atomic mass is 10.1. The molecule has 30 heavy (non-hydrogen) atoms. The highest BCUT2D eigenvalue weighted by Gasteiger charge is 2.06. The molecule has 0 bridgehead atoms. The van der Waals surface area contributed by atoms with E-state index in [0.717, 1.165) is 49.3 Å². The summed E-state index contributed by atoms with van der Waals surface area (Å²) in [5.74, 6) is 0.905. The normalized spacial score (nSPS) is 11.3. The Morgan fingerprint density at radius 3 is 2.53 bits per heavy atom. The third-order valence-electron chi connectivity index (χ3n) is 5.36. The molecular weight excluding hydrogens is 376 g/mol. The largest absolute Gasteiger partial charge is 0.492 e. The smallest absolute Gasteiger partial charge is 0.340 e. The third kappa shape index (κ3) is 6.18. The summed E-state index contributed by atoms with van der Waals surface area (Å²) in [4.78, 5) is 14.5. The van der Waals surface area contributed by atoms with E-state index in [1.165, 1.54) is 5.56 Å².